The standard InChI is InChI=1S/C26H41N3O3/c1-17(30)29-21(12-18-7-5-8-18)23(31)16-27-22-14-26(9-6-10-26)32-24-20(22)11-19(15-28-24)13-25(2,3)4/h11,15,18,21-23,27,31H,5-10,12-14,16H2,1-4H3,(H,29,30)/t21-,22-,23+/m0/s1. The molecule has 6 heteroatoms. The fraction of sp³-hybridized carbons (Fsp3) is 0.769. The van der Waals surface area contributed by atoms with Crippen LogP contribution in [0.2, 0.25) is 0 Å². The second-order valence-electron chi connectivity index (χ2n) is 11.7. The van der Waals surface area contributed by atoms with Crippen molar-refractivity contribution < 1.29 is 14.6 Å². The van der Waals surface area contributed by atoms with Crippen molar-refractivity contribution in [3.05, 3.63) is 23.4 Å². The van der Waals surface area contributed by atoms with Gasteiger partial charge >= 0.3 is 0 Å². The summed E-state index contributed by atoms with van der Waals surface area (Å²) in [6, 6.07) is 2.14. The summed E-state index contributed by atoms with van der Waals surface area (Å²) >= 11 is 0. The lowest BCUT2D eigenvalue weighted by atomic mass is 9.73. The summed E-state index contributed by atoms with van der Waals surface area (Å²) < 4.78 is 6.38. The molecule has 2 saturated carbocycles. The summed E-state index contributed by atoms with van der Waals surface area (Å²) in [4.78, 5) is 16.4. The van der Waals surface area contributed by atoms with Gasteiger partial charge in [0.25, 0.3) is 0 Å². The zero-order valence-corrected chi connectivity index (χ0v) is 20.2. The highest BCUT2D eigenvalue weighted by Gasteiger charge is 2.46. The summed E-state index contributed by atoms with van der Waals surface area (Å²) in [6.07, 6.45) is 11.0. The van der Waals surface area contributed by atoms with Crippen molar-refractivity contribution in [2.75, 3.05) is 6.54 Å². The quantitative estimate of drug-likeness (QED) is 0.564. The van der Waals surface area contributed by atoms with Gasteiger partial charge in [-0.25, -0.2) is 4.98 Å². The van der Waals surface area contributed by atoms with Crippen molar-refractivity contribution in [2.24, 2.45) is 11.3 Å². The van der Waals surface area contributed by atoms with E-state index in [1.54, 1.807) is 0 Å². The molecule has 1 amide bonds. The summed E-state index contributed by atoms with van der Waals surface area (Å²) in [5.41, 5.74) is 2.40. The van der Waals surface area contributed by atoms with Crippen LogP contribution >= 0.6 is 0 Å². The number of nitrogens with zero attached hydrogens (tertiary/aromatic N) is 1. The van der Waals surface area contributed by atoms with Crippen LogP contribution in [0.25, 0.3) is 0 Å². The number of carbonyl (C=O) groups is 1. The average molecular weight is 444 g/mol. The van der Waals surface area contributed by atoms with Crippen molar-refractivity contribution >= 4 is 5.91 Å². The second-order valence-corrected chi connectivity index (χ2v) is 11.7. The molecule has 2 fully saturated rings. The fourth-order valence-corrected chi connectivity index (χ4v) is 5.41. The third kappa shape index (κ3) is 5.63. The van der Waals surface area contributed by atoms with Crippen LogP contribution in [0.15, 0.2) is 12.3 Å². The van der Waals surface area contributed by atoms with E-state index >= 15 is 0 Å². The highest BCUT2D eigenvalue weighted by atomic mass is 16.5. The third-order valence-corrected chi connectivity index (χ3v) is 7.44. The Morgan fingerprint density at radius 1 is 1.31 bits per heavy atom. The number of rotatable bonds is 8. The number of hydrogen-bond acceptors (Lipinski definition) is 5. The van der Waals surface area contributed by atoms with Crippen LogP contribution in [0, 0.1) is 11.3 Å². The molecule has 1 aromatic heterocycles. The molecule has 178 valence electrons. The van der Waals surface area contributed by atoms with Crippen molar-refractivity contribution in [2.45, 2.75) is 109 Å². The van der Waals surface area contributed by atoms with E-state index < -0.39 is 6.10 Å². The summed E-state index contributed by atoms with van der Waals surface area (Å²) in [6.45, 7) is 8.70. The van der Waals surface area contributed by atoms with Gasteiger partial charge in [-0.05, 0) is 55.1 Å². The first kappa shape index (κ1) is 23.5. The molecule has 0 bridgehead atoms. The van der Waals surface area contributed by atoms with Crippen LogP contribution < -0.4 is 15.4 Å². The first-order chi connectivity index (χ1) is 15.1. The number of pyridine rings is 1. The van der Waals surface area contributed by atoms with Gasteiger partial charge in [-0.2, -0.15) is 0 Å². The maximum atomic E-state index is 11.7. The third-order valence-electron chi connectivity index (χ3n) is 7.44. The second kappa shape index (κ2) is 9.30. The maximum absolute atomic E-state index is 11.7. The predicted octanol–water partition coefficient (Wildman–Crippen LogP) is 4.06. The van der Waals surface area contributed by atoms with Crippen molar-refractivity contribution in [1.82, 2.24) is 15.6 Å². The van der Waals surface area contributed by atoms with E-state index in [0.29, 0.717) is 12.5 Å². The molecule has 2 heterocycles. The van der Waals surface area contributed by atoms with Crippen LogP contribution in [0.5, 0.6) is 5.88 Å². The van der Waals surface area contributed by atoms with Crippen LogP contribution in [-0.4, -0.2) is 40.3 Å². The van der Waals surface area contributed by atoms with Crippen molar-refractivity contribution in [3.8, 4) is 5.88 Å². The summed E-state index contributed by atoms with van der Waals surface area (Å²) in [5.74, 6) is 1.29. The number of aromatic nitrogens is 1. The van der Waals surface area contributed by atoms with Crippen LogP contribution in [-0.2, 0) is 11.2 Å². The largest absolute Gasteiger partial charge is 0.471 e. The van der Waals surface area contributed by atoms with Gasteiger partial charge in [0.15, 0.2) is 0 Å². The Balaban J connectivity index is 1.47. The molecule has 1 aromatic rings. The van der Waals surface area contributed by atoms with E-state index in [0.717, 1.165) is 43.5 Å². The van der Waals surface area contributed by atoms with E-state index in [2.05, 4.69) is 37.5 Å². The zero-order valence-electron chi connectivity index (χ0n) is 20.2. The minimum atomic E-state index is -0.617. The lowest BCUT2D eigenvalue weighted by molar-refractivity contribution is -0.120. The number of amides is 1. The number of nitrogens with one attached hydrogen (secondary N) is 2. The number of aliphatic hydroxyl groups is 1. The minimum Gasteiger partial charge on any atom is -0.471 e. The SMILES string of the molecule is CC(=O)N[C@@H](CC1CCC1)[C@H](O)CN[C@H]1CC2(CCC2)Oc2ncc(CC(C)(C)C)cc21. The molecule has 3 aliphatic rings. The Morgan fingerprint density at radius 2 is 2.06 bits per heavy atom. The lowest BCUT2D eigenvalue weighted by Gasteiger charge is -2.47. The molecule has 0 radical (unpaired) electrons. The molecule has 0 aromatic carbocycles. The molecule has 4 rings (SSSR count). The molecule has 32 heavy (non-hydrogen) atoms. The first-order valence-electron chi connectivity index (χ1n) is 12.5. The number of ether oxygens (including phenoxy) is 1. The normalized spacial score (nSPS) is 24.0. The number of fused-ring (bicyclic) bond motifs is 1. The highest BCUT2D eigenvalue weighted by molar-refractivity contribution is 5.73. The Kier molecular flexibility index (Phi) is 6.83. The van der Waals surface area contributed by atoms with E-state index in [-0.39, 0.29) is 29.0 Å². The number of hydrogen-bond donors (Lipinski definition) is 3. The smallest absolute Gasteiger partial charge is 0.218 e. The first-order valence-corrected chi connectivity index (χ1v) is 12.5. The van der Waals surface area contributed by atoms with Gasteiger partial charge < -0.3 is 20.5 Å². The van der Waals surface area contributed by atoms with E-state index in [1.165, 1.54) is 38.2 Å². The Hall–Kier alpha value is -1.66. The predicted molar refractivity (Wildman–Crippen MR) is 126 cm³/mol. The Labute approximate surface area is 192 Å². The molecular formula is C26H41N3O3. The van der Waals surface area contributed by atoms with Crippen molar-refractivity contribution in [3.63, 3.8) is 0 Å². The van der Waals surface area contributed by atoms with E-state index in [4.69, 9.17) is 9.72 Å². The fourth-order valence-electron chi connectivity index (χ4n) is 5.41. The van der Waals surface area contributed by atoms with Gasteiger partial charge in [0.05, 0.1) is 12.1 Å². The minimum absolute atomic E-state index is 0.0748. The molecule has 0 saturated heterocycles. The van der Waals surface area contributed by atoms with Crippen LogP contribution in [0.1, 0.15) is 96.2 Å². The Morgan fingerprint density at radius 3 is 2.62 bits per heavy atom. The molecule has 0 unspecified atom stereocenters. The average Bonchev–Trinajstić information content (AvgIpc) is 2.64. The van der Waals surface area contributed by atoms with Gasteiger partial charge in [0.1, 0.15) is 5.60 Å². The van der Waals surface area contributed by atoms with Gasteiger partial charge in [0.2, 0.25) is 11.8 Å². The van der Waals surface area contributed by atoms with Gasteiger partial charge in [0, 0.05) is 37.7 Å². The molecule has 2 aliphatic carbocycles. The monoisotopic (exact) mass is 443 g/mol. The number of carbonyl (C=O) groups excluding carboxylic acids is 1. The highest BCUT2D eigenvalue weighted by Crippen LogP contribution is 2.48. The van der Waals surface area contributed by atoms with E-state index in [1.807, 2.05) is 6.20 Å². The summed E-state index contributed by atoms with van der Waals surface area (Å²) in [7, 11) is 0. The maximum Gasteiger partial charge on any atom is 0.218 e. The molecule has 1 aliphatic heterocycles. The molecular weight excluding hydrogens is 402 g/mol. The molecule has 3 atom stereocenters. The molecule has 3 N–H and O–H groups in total. The molecule has 6 nitrogen and oxygen atoms in total. The van der Waals surface area contributed by atoms with Crippen LogP contribution in [0.4, 0.5) is 0 Å². The van der Waals surface area contributed by atoms with Crippen LogP contribution in [0.3, 0.4) is 0 Å². The lowest BCUT2D eigenvalue weighted by Crippen LogP contribution is -2.52. The Bertz CT molecular complexity index is 811. The van der Waals surface area contributed by atoms with Gasteiger partial charge in [-0.3, -0.25) is 4.79 Å². The van der Waals surface area contributed by atoms with E-state index in [9.17, 15) is 9.90 Å². The topological polar surface area (TPSA) is 83.5 Å². The summed E-state index contributed by atoms with van der Waals surface area (Å²) in [5, 5.41) is 17.6. The zero-order chi connectivity index (χ0) is 22.9. The number of aliphatic hydroxyl groups excluding tert-OH is 1. The van der Waals surface area contributed by atoms with Gasteiger partial charge in [-0.1, -0.05) is 40.0 Å². The van der Waals surface area contributed by atoms with Gasteiger partial charge in [-0.15, -0.1) is 0 Å². The van der Waals surface area contributed by atoms with Crippen molar-refractivity contribution in [1.29, 1.82) is 0 Å². The molecule has 1 spiro atoms.